The van der Waals surface area contributed by atoms with E-state index in [9.17, 15) is 25.0 Å². The Bertz CT molecular complexity index is 890. The summed E-state index contributed by atoms with van der Waals surface area (Å²) in [6.45, 7) is 5.07. The van der Waals surface area contributed by atoms with Gasteiger partial charge in [0.2, 0.25) is 0 Å². The van der Waals surface area contributed by atoms with Crippen molar-refractivity contribution in [2.75, 3.05) is 26.2 Å². The largest absolute Gasteiger partial charge is 0.336 e. The van der Waals surface area contributed by atoms with Gasteiger partial charge in [0.05, 0.1) is 21.5 Å². The van der Waals surface area contributed by atoms with Gasteiger partial charge < -0.3 is 4.90 Å². The first-order chi connectivity index (χ1) is 13.3. The molecule has 28 heavy (non-hydrogen) atoms. The maximum Gasteiger partial charge on any atom is 0.277 e. The molecule has 0 aromatic heterocycles. The van der Waals surface area contributed by atoms with Crippen LogP contribution in [0.15, 0.2) is 42.5 Å². The van der Waals surface area contributed by atoms with Crippen molar-refractivity contribution in [3.8, 4) is 0 Å². The number of carbonyl (C=O) groups excluding carboxylic acids is 1. The molecule has 9 heteroatoms. The average molecular weight is 384 g/mol. The predicted octanol–water partition coefficient (Wildman–Crippen LogP) is 2.77. The maximum atomic E-state index is 12.7. The summed E-state index contributed by atoms with van der Waals surface area (Å²) in [5.41, 5.74) is 1.44. The van der Waals surface area contributed by atoms with Gasteiger partial charge in [-0.2, -0.15) is 0 Å². The van der Waals surface area contributed by atoms with Crippen molar-refractivity contribution >= 4 is 17.3 Å². The van der Waals surface area contributed by atoms with E-state index in [0.29, 0.717) is 26.2 Å². The Hall–Kier alpha value is -3.33. The van der Waals surface area contributed by atoms with Crippen molar-refractivity contribution in [3.63, 3.8) is 0 Å². The fourth-order valence-corrected chi connectivity index (χ4v) is 3.29. The number of hydrogen-bond acceptors (Lipinski definition) is 6. The lowest BCUT2D eigenvalue weighted by Crippen LogP contribution is -2.48. The van der Waals surface area contributed by atoms with E-state index in [2.05, 4.69) is 17.0 Å². The van der Waals surface area contributed by atoms with Crippen molar-refractivity contribution in [2.45, 2.75) is 13.5 Å². The van der Waals surface area contributed by atoms with E-state index >= 15 is 0 Å². The van der Waals surface area contributed by atoms with Crippen molar-refractivity contribution in [3.05, 3.63) is 79.4 Å². The van der Waals surface area contributed by atoms with Crippen LogP contribution in [0.4, 0.5) is 11.4 Å². The molecular weight excluding hydrogens is 364 g/mol. The minimum Gasteiger partial charge on any atom is -0.336 e. The standard InChI is InChI=1S/C19H20N4O5/c1-14-3-2-4-15(9-14)13-20-5-7-21(8-6-20)19(24)16-10-17(22(25)26)12-18(11-16)23(27)28/h2-4,9-12H,5-8,13H2,1H3. The van der Waals surface area contributed by atoms with E-state index in [4.69, 9.17) is 0 Å². The van der Waals surface area contributed by atoms with E-state index in [1.165, 1.54) is 11.1 Å². The van der Waals surface area contributed by atoms with Crippen LogP contribution in [0.25, 0.3) is 0 Å². The topological polar surface area (TPSA) is 110 Å². The number of piperazine rings is 1. The molecule has 0 atom stereocenters. The average Bonchev–Trinajstić information content (AvgIpc) is 2.67. The second-order valence-corrected chi connectivity index (χ2v) is 6.81. The van der Waals surface area contributed by atoms with Gasteiger partial charge in [-0.25, -0.2) is 0 Å². The van der Waals surface area contributed by atoms with E-state index in [0.717, 1.165) is 24.7 Å². The molecule has 0 bridgehead atoms. The maximum absolute atomic E-state index is 12.7. The quantitative estimate of drug-likeness (QED) is 0.579. The number of benzene rings is 2. The van der Waals surface area contributed by atoms with Gasteiger partial charge >= 0.3 is 0 Å². The van der Waals surface area contributed by atoms with E-state index < -0.39 is 27.1 Å². The molecule has 3 rings (SSSR count). The summed E-state index contributed by atoms with van der Waals surface area (Å²) >= 11 is 0. The highest BCUT2D eigenvalue weighted by molar-refractivity contribution is 5.95. The second kappa shape index (κ2) is 8.13. The Morgan fingerprint density at radius 3 is 2.11 bits per heavy atom. The smallest absolute Gasteiger partial charge is 0.277 e. The predicted molar refractivity (Wildman–Crippen MR) is 102 cm³/mol. The van der Waals surface area contributed by atoms with Crippen LogP contribution in [0.1, 0.15) is 21.5 Å². The zero-order valence-corrected chi connectivity index (χ0v) is 15.4. The third-order valence-electron chi connectivity index (χ3n) is 4.72. The number of non-ortho nitro benzene ring substituents is 2. The van der Waals surface area contributed by atoms with Gasteiger partial charge in [-0.15, -0.1) is 0 Å². The minimum atomic E-state index is -0.733. The minimum absolute atomic E-state index is 0.0342. The van der Waals surface area contributed by atoms with E-state index in [1.54, 1.807) is 4.90 Å². The van der Waals surface area contributed by atoms with Gasteiger partial charge in [0.25, 0.3) is 17.3 Å². The van der Waals surface area contributed by atoms with Crippen LogP contribution in [0.2, 0.25) is 0 Å². The molecule has 0 radical (unpaired) electrons. The zero-order valence-electron chi connectivity index (χ0n) is 15.4. The normalized spacial score (nSPS) is 14.7. The van der Waals surface area contributed by atoms with Crippen molar-refractivity contribution < 1.29 is 14.6 Å². The van der Waals surface area contributed by atoms with E-state index in [-0.39, 0.29) is 5.56 Å². The highest BCUT2D eigenvalue weighted by Crippen LogP contribution is 2.24. The lowest BCUT2D eigenvalue weighted by Gasteiger charge is -2.34. The zero-order chi connectivity index (χ0) is 20.3. The number of rotatable bonds is 5. The summed E-state index contributed by atoms with van der Waals surface area (Å²) in [6.07, 6.45) is 0. The number of amides is 1. The number of hydrogen-bond donors (Lipinski definition) is 0. The van der Waals surface area contributed by atoms with Crippen molar-refractivity contribution in [1.29, 1.82) is 0 Å². The Labute approximate surface area is 161 Å². The van der Waals surface area contributed by atoms with Crippen LogP contribution in [-0.2, 0) is 6.54 Å². The van der Waals surface area contributed by atoms with Crippen LogP contribution in [0.5, 0.6) is 0 Å². The highest BCUT2D eigenvalue weighted by atomic mass is 16.6. The van der Waals surface area contributed by atoms with Gasteiger partial charge in [-0.3, -0.25) is 29.9 Å². The monoisotopic (exact) mass is 384 g/mol. The molecule has 9 nitrogen and oxygen atoms in total. The van der Waals surface area contributed by atoms with Gasteiger partial charge in [0, 0.05) is 44.9 Å². The number of aryl methyl sites for hydroxylation is 1. The molecule has 146 valence electrons. The molecule has 1 heterocycles. The highest BCUT2D eigenvalue weighted by Gasteiger charge is 2.26. The van der Waals surface area contributed by atoms with E-state index in [1.807, 2.05) is 19.1 Å². The lowest BCUT2D eigenvalue weighted by atomic mass is 10.1. The summed E-state index contributed by atoms with van der Waals surface area (Å²) < 4.78 is 0. The molecule has 0 N–H and O–H groups in total. The molecule has 1 aliphatic heterocycles. The summed E-state index contributed by atoms with van der Waals surface area (Å²) in [4.78, 5) is 37.1. The number of carbonyl (C=O) groups is 1. The van der Waals surface area contributed by atoms with Crippen molar-refractivity contribution in [1.82, 2.24) is 9.80 Å². The fraction of sp³-hybridized carbons (Fsp3) is 0.316. The van der Waals surface area contributed by atoms with Crippen LogP contribution < -0.4 is 0 Å². The Kier molecular flexibility index (Phi) is 5.65. The van der Waals surface area contributed by atoms with Crippen LogP contribution in [0.3, 0.4) is 0 Å². The summed E-state index contributed by atoms with van der Waals surface area (Å²) in [5.74, 6) is -0.429. The molecular formula is C19H20N4O5. The van der Waals surface area contributed by atoms with Crippen molar-refractivity contribution in [2.24, 2.45) is 0 Å². The summed E-state index contributed by atoms with van der Waals surface area (Å²) in [6, 6.07) is 11.3. The second-order valence-electron chi connectivity index (χ2n) is 6.81. The molecule has 2 aromatic carbocycles. The molecule has 2 aromatic rings. The van der Waals surface area contributed by atoms with Crippen LogP contribution in [0, 0.1) is 27.2 Å². The number of nitro benzene ring substituents is 2. The van der Waals surface area contributed by atoms with Crippen LogP contribution in [-0.4, -0.2) is 51.7 Å². The first kappa shape index (κ1) is 19.4. The molecule has 0 spiro atoms. The van der Waals surface area contributed by atoms with Crippen LogP contribution >= 0.6 is 0 Å². The third kappa shape index (κ3) is 4.49. The molecule has 0 saturated carbocycles. The summed E-state index contributed by atoms with van der Waals surface area (Å²) in [5, 5.41) is 22.0. The van der Waals surface area contributed by atoms with Gasteiger partial charge in [-0.05, 0) is 12.5 Å². The number of nitro groups is 2. The molecule has 1 aliphatic rings. The number of nitrogens with zero attached hydrogens (tertiary/aromatic N) is 4. The van der Waals surface area contributed by atoms with Gasteiger partial charge in [0.1, 0.15) is 0 Å². The van der Waals surface area contributed by atoms with Gasteiger partial charge in [0.15, 0.2) is 0 Å². The first-order valence-corrected chi connectivity index (χ1v) is 8.84. The third-order valence-corrected chi connectivity index (χ3v) is 4.72. The Morgan fingerprint density at radius 2 is 1.57 bits per heavy atom. The molecule has 1 fully saturated rings. The Morgan fingerprint density at radius 1 is 0.964 bits per heavy atom. The molecule has 1 amide bonds. The SMILES string of the molecule is Cc1cccc(CN2CCN(C(=O)c3cc([N+](=O)[O-])cc([N+](=O)[O-])c3)CC2)c1. The molecule has 0 aliphatic carbocycles. The lowest BCUT2D eigenvalue weighted by molar-refractivity contribution is -0.394. The fourth-order valence-electron chi connectivity index (χ4n) is 3.29. The summed E-state index contributed by atoms with van der Waals surface area (Å²) in [7, 11) is 0. The molecule has 1 saturated heterocycles. The Balaban J connectivity index is 1.68. The first-order valence-electron chi connectivity index (χ1n) is 8.84. The molecule has 0 unspecified atom stereocenters. The van der Waals surface area contributed by atoms with Gasteiger partial charge in [-0.1, -0.05) is 29.8 Å².